The number of hydrogen-bond acceptors (Lipinski definition) is 5. The number of aliphatic imine (C=N–C) groups is 1. The summed E-state index contributed by atoms with van der Waals surface area (Å²) in [6.07, 6.45) is 7.31. The van der Waals surface area contributed by atoms with E-state index in [1.165, 1.54) is 65.6 Å². The first-order valence-electron chi connectivity index (χ1n) is 10.8. The molecule has 0 radical (unpaired) electrons. The summed E-state index contributed by atoms with van der Waals surface area (Å²) in [6, 6.07) is 2.21. The van der Waals surface area contributed by atoms with Crippen molar-refractivity contribution in [1.82, 2.24) is 4.90 Å². The van der Waals surface area contributed by atoms with Gasteiger partial charge in [0.25, 0.3) is 0 Å². The van der Waals surface area contributed by atoms with Crippen LogP contribution >= 0.6 is 11.3 Å². The molecule has 0 spiro atoms. The lowest BCUT2D eigenvalue weighted by molar-refractivity contribution is 0.0677. The molecule has 3 heterocycles. The Bertz CT molecular complexity index is 943. The summed E-state index contributed by atoms with van der Waals surface area (Å²) in [6.45, 7) is 4.18. The summed E-state index contributed by atoms with van der Waals surface area (Å²) >= 11 is 1.73. The maximum Gasteiger partial charge on any atom is 0.238 e. The summed E-state index contributed by atoms with van der Waals surface area (Å²) in [5, 5.41) is 4.38. The standard InChI is InChI=1S/C24H30N2O2S/c1-14-20-18(12-19(26(3)4)25-22(20)16-8-6-5-7-9-16)21(17-10-11-29-13-17)24-23(14)27-15(2)28-24/h10-11,13,15-16,19H,5-9,12H2,1-4H3. The van der Waals surface area contributed by atoms with Crippen molar-refractivity contribution in [2.24, 2.45) is 10.9 Å². The van der Waals surface area contributed by atoms with Gasteiger partial charge in [0, 0.05) is 41.7 Å². The van der Waals surface area contributed by atoms with Gasteiger partial charge in [0.05, 0.1) is 0 Å². The van der Waals surface area contributed by atoms with Gasteiger partial charge in [-0.2, -0.15) is 11.3 Å². The molecule has 1 aromatic heterocycles. The lowest BCUT2D eigenvalue weighted by Crippen LogP contribution is -2.36. The van der Waals surface area contributed by atoms with Crippen molar-refractivity contribution in [3.8, 4) is 22.6 Å². The first-order chi connectivity index (χ1) is 14.0. The van der Waals surface area contributed by atoms with E-state index in [2.05, 4.69) is 42.7 Å². The molecule has 1 fully saturated rings. The lowest BCUT2D eigenvalue weighted by atomic mass is 9.77. The van der Waals surface area contributed by atoms with Crippen LogP contribution in [0.2, 0.25) is 0 Å². The van der Waals surface area contributed by atoms with Crippen molar-refractivity contribution in [2.45, 2.75) is 64.8 Å². The fourth-order valence-electron chi connectivity index (χ4n) is 5.20. The van der Waals surface area contributed by atoms with Crippen molar-refractivity contribution >= 4 is 17.0 Å². The molecule has 154 valence electrons. The molecule has 29 heavy (non-hydrogen) atoms. The lowest BCUT2D eigenvalue weighted by Gasteiger charge is -2.35. The minimum atomic E-state index is -0.246. The van der Waals surface area contributed by atoms with Gasteiger partial charge in [-0.25, -0.2) is 0 Å². The largest absolute Gasteiger partial charge is 0.451 e. The first kappa shape index (κ1) is 19.1. The van der Waals surface area contributed by atoms with Crippen molar-refractivity contribution < 1.29 is 9.47 Å². The van der Waals surface area contributed by atoms with E-state index in [4.69, 9.17) is 14.5 Å². The van der Waals surface area contributed by atoms with Crippen LogP contribution in [0.25, 0.3) is 11.1 Å². The molecule has 3 aliphatic rings. The van der Waals surface area contributed by atoms with Gasteiger partial charge >= 0.3 is 0 Å². The van der Waals surface area contributed by atoms with E-state index in [1.54, 1.807) is 11.3 Å². The molecule has 5 rings (SSSR count). The third-order valence-electron chi connectivity index (χ3n) is 6.65. The average Bonchev–Trinajstić information content (AvgIpc) is 3.38. The second-order valence-corrected chi connectivity index (χ2v) is 9.60. The van der Waals surface area contributed by atoms with Gasteiger partial charge in [-0.1, -0.05) is 19.3 Å². The zero-order chi connectivity index (χ0) is 20.1. The zero-order valence-corrected chi connectivity index (χ0v) is 18.6. The minimum Gasteiger partial charge on any atom is -0.451 e. The summed E-state index contributed by atoms with van der Waals surface area (Å²) in [7, 11) is 4.29. The van der Waals surface area contributed by atoms with Crippen molar-refractivity contribution in [1.29, 1.82) is 0 Å². The molecule has 2 unspecified atom stereocenters. The van der Waals surface area contributed by atoms with Crippen LogP contribution in [-0.2, 0) is 6.42 Å². The van der Waals surface area contributed by atoms with Gasteiger partial charge in [0.15, 0.2) is 11.5 Å². The van der Waals surface area contributed by atoms with Crippen LogP contribution in [0.4, 0.5) is 0 Å². The number of fused-ring (bicyclic) bond motifs is 2. The fraction of sp³-hybridized carbons (Fsp3) is 0.542. The summed E-state index contributed by atoms with van der Waals surface area (Å²) < 4.78 is 12.4. The van der Waals surface area contributed by atoms with Gasteiger partial charge in [-0.3, -0.25) is 9.89 Å². The number of benzene rings is 1. The highest BCUT2D eigenvalue weighted by Gasteiger charge is 2.38. The molecular weight excluding hydrogens is 380 g/mol. The monoisotopic (exact) mass is 410 g/mol. The maximum absolute atomic E-state index is 6.21. The molecule has 0 amide bonds. The van der Waals surface area contributed by atoms with Crippen LogP contribution in [0, 0.1) is 12.8 Å². The van der Waals surface area contributed by atoms with Crippen LogP contribution in [0.15, 0.2) is 21.8 Å². The Morgan fingerprint density at radius 3 is 2.52 bits per heavy atom. The van der Waals surface area contributed by atoms with E-state index >= 15 is 0 Å². The fourth-order valence-corrected chi connectivity index (χ4v) is 5.84. The molecule has 1 aliphatic carbocycles. The molecule has 1 aromatic carbocycles. The van der Waals surface area contributed by atoms with Crippen LogP contribution in [0.3, 0.4) is 0 Å². The molecule has 2 aromatic rings. The van der Waals surface area contributed by atoms with Gasteiger partial charge in [-0.05, 0) is 61.8 Å². The second kappa shape index (κ2) is 7.44. The number of ether oxygens (including phenoxy) is 2. The first-order valence-corrected chi connectivity index (χ1v) is 11.8. The molecule has 0 N–H and O–H groups in total. The Morgan fingerprint density at radius 1 is 1.07 bits per heavy atom. The van der Waals surface area contributed by atoms with E-state index in [-0.39, 0.29) is 12.5 Å². The molecule has 5 heteroatoms. The highest BCUT2D eigenvalue weighted by atomic mass is 32.1. The van der Waals surface area contributed by atoms with E-state index in [0.29, 0.717) is 5.92 Å². The van der Waals surface area contributed by atoms with Crippen molar-refractivity contribution in [3.05, 3.63) is 33.5 Å². The van der Waals surface area contributed by atoms with Crippen LogP contribution in [0.5, 0.6) is 11.5 Å². The van der Waals surface area contributed by atoms with E-state index in [9.17, 15) is 0 Å². The highest BCUT2D eigenvalue weighted by molar-refractivity contribution is 7.08. The predicted octanol–water partition coefficient (Wildman–Crippen LogP) is 5.65. The highest BCUT2D eigenvalue weighted by Crippen LogP contribution is 2.51. The summed E-state index contributed by atoms with van der Waals surface area (Å²) in [5.74, 6) is 2.40. The zero-order valence-electron chi connectivity index (χ0n) is 17.8. The molecule has 0 saturated heterocycles. The molecule has 2 atom stereocenters. The Labute approximate surface area is 177 Å². The Hall–Kier alpha value is -1.85. The Morgan fingerprint density at radius 2 is 1.83 bits per heavy atom. The van der Waals surface area contributed by atoms with E-state index < -0.39 is 0 Å². The third-order valence-corrected chi connectivity index (χ3v) is 7.33. The maximum atomic E-state index is 6.21. The van der Waals surface area contributed by atoms with Crippen molar-refractivity contribution in [3.63, 3.8) is 0 Å². The summed E-state index contributed by atoms with van der Waals surface area (Å²) in [4.78, 5) is 7.58. The normalized spacial score (nSPS) is 24.0. The van der Waals surface area contributed by atoms with Crippen LogP contribution < -0.4 is 9.47 Å². The Kier molecular flexibility index (Phi) is 4.91. The van der Waals surface area contributed by atoms with Crippen molar-refractivity contribution in [2.75, 3.05) is 14.1 Å². The molecule has 4 nitrogen and oxygen atoms in total. The average molecular weight is 411 g/mol. The van der Waals surface area contributed by atoms with E-state index in [1.807, 2.05) is 6.92 Å². The number of likely N-dealkylation sites (N-methyl/N-ethyl adjacent to an activating group) is 1. The minimum absolute atomic E-state index is 0.175. The van der Waals surface area contributed by atoms with E-state index in [0.717, 1.165) is 17.9 Å². The number of thiophene rings is 1. The second-order valence-electron chi connectivity index (χ2n) is 8.82. The molecule has 2 aliphatic heterocycles. The van der Waals surface area contributed by atoms with Gasteiger partial charge < -0.3 is 9.47 Å². The number of rotatable bonds is 3. The third kappa shape index (κ3) is 3.19. The number of nitrogens with zero attached hydrogens (tertiary/aromatic N) is 2. The SMILES string of the molecule is Cc1c2c(c(-c3ccsc3)c3c1C(C1CCCCC1)=NC(N(C)C)C3)OC(C)O2. The van der Waals surface area contributed by atoms with Gasteiger partial charge in [0.1, 0.15) is 6.17 Å². The van der Waals surface area contributed by atoms with Crippen LogP contribution in [0.1, 0.15) is 55.7 Å². The predicted molar refractivity (Wildman–Crippen MR) is 120 cm³/mol. The number of hydrogen-bond donors (Lipinski definition) is 0. The van der Waals surface area contributed by atoms with Crippen LogP contribution in [-0.4, -0.2) is 37.2 Å². The Balaban J connectivity index is 1.76. The topological polar surface area (TPSA) is 34.1 Å². The molecule has 1 saturated carbocycles. The quantitative estimate of drug-likeness (QED) is 0.655. The smallest absolute Gasteiger partial charge is 0.238 e. The van der Waals surface area contributed by atoms with Gasteiger partial charge in [-0.15, -0.1) is 0 Å². The molecule has 0 bridgehead atoms. The molecular formula is C24H30N2O2S. The van der Waals surface area contributed by atoms with Gasteiger partial charge in [0.2, 0.25) is 6.29 Å². The summed E-state index contributed by atoms with van der Waals surface area (Å²) in [5.41, 5.74) is 7.72.